The first-order valence-corrected chi connectivity index (χ1v) is 13.7. The zero-order valence-corrected chi connectivity index (χ0v) is 25.5. The number of rotatable bonds is 11. The molecule has 216 valence electrons. The number of halogens is 3. The van der Waals surface area contributed by atoms with Crippen molar-refractivity contribution in [3.63, 3.8) is 0 Å². The standard InChI is InChI=1S/C28H43ClN4O3.2ClH/c1-28(2,20-34)27(36)33(23-8-6-5-7-9-23)24-14-16-32(19-24)26(35)25(30-15-17-31(3)4)18-21-10-12-22(29)13-11-21;;/h10-13,20,23-25,30H,5-9,14-19H2,1-4H3;2*1H/t24-,25+;;/m0../s1. The van der Waals surface area contributed by atoms with E-state index >= 15 is 0 Å². The van der Waals surface area contributed by atoms with Gasteiger partial charge in [-0.05, 0) is 71.3 Å². The summed E-state index contributed by atoms with van der Waals surface area (Å²) in [6.07, 6.45) is 7.42. The first-order valence-electron chi connectivity index (χ1n) is 13.3. The molecule has 7 nitrogen and oxygen atoms in total. The van der Waals surface area contributed by atoms with E-state index in [1.807, 2.05) is 48.2 Å². The molecule has 3 rings (SSSR count). The Kier molecular flexibility index (Phi) is 14.6. The second-order valence-corrected chi connectivity index (χ2v) is 11.6. The zero-order chi connectivity index (χ0) is 26.3. The summed E-state index contributed by atoms with van der Waals surface area (Å²) in [4.78, 5) is 45.0. The third-order valence-corrected chi connectivity index (χ3v) is 7.77. The van der Waals surface area contributed by atoms with Gasteiger partial charge in [-0.25, -0.2) is 0 Å². The topological polar surface area (TPSA) is 73.0 Å². The molecule has 0 spiro atoms. The second kappa shape index (κ2) is 16.0. The van der Waals surface area contributed by atoms with Gasteiger partial charge in [0.25, 0.3) is 0 Å². The minimum absolute atomic E-state index is 0. The first kappa shape index (κ1) is 34.6. The van der Waals surface area contributed by atoms with Crippen molar-refractivity contribution in [2.24, 2.45) is 5.41 Å². The molecule has 38 heavy (non-hydrogen) atoms. The van der Waals surface area contributed by atoms with Crippen LogP contribution in [-0.4, -0.2) is 91.2 Å². The molecule has 0 aromatic heterocycles. The highest BCUT2D eigenvalue weighted by molar-refractivity contribution is 6.30. The third kappa shape index (κ3) is 9.37. The van der Waals surface area contributed by atoms with E-state index in [-0.39, 0.29) is 54.8 Å². The highest BCUT2D eigenvalue weighted by atomic mass is 35.5. The van der Waals surface area contributed by atoms with E-state index in [4.69, 9.17) is 11.6 Å². The van der Waals surface area contributed by atoms with Crippen LogP contribution in [-0.2, 0) is 20.8 Å². The molecule has 1 aliphatic heterocycles. The molecule has 2 atom stereocenters. The van der Waals surface area contributed by atoms with Crippen LogP contribution in [0.5, 0.6) is 0 Å². The number of carbonyl (C=O) groups is 3. The van der Waals surface area contributed by atoms with Crippen LogP contribution in [0.3, 0.4) is 0 Å². The molecule has 1 saturated heterocycles. The van der Waals surface area contributed by atoms with Crippen LogP contribution in [0.15, 0.2) is 24.3 Å². The largest absolute Gasteiger partial charge is 0.339 e. The molecule has 10 heteroatoms. The lowest BCUT2D eigenvalue weighted by Crippen LogP contribution is -2.54. The summed E-state index contributed by atoms with van der Waals surface area (Å²) in [5.74, 6) is -0.0394. The normalized spacial score (nSPS) is 18.9. The van der Waals surface area contributed by atoms with E-state index < -0.39 is 5.41 Å². The van der Waals surface area contributed by atoms with Gasteiger partial charge in [-0.15, -0.1) is 24.8 Å². The maximum Gasteiger partial charge on any atom is 0.240 e. The van der Waals surface area contributed by atoms with Crippen molar-refractivity contribution < 1.29 is 14.4 Å². The summed E-state index contributed by atoms with van der Waals surface area (Å²) in [7, 11) is 4.03. The second-order valence-electron chi connectivity index (χ2n) is 11.2. The number of amides is 2. The highest BCUT2D eigenvalue weighted by Gasteiger charge is 2.42. The molecule has 1 aromatic rings. The summed E-state index contributed by atoms with van der Waals surface area (Å²) in [5.41, 5.74) is -0.00250. The average Bonchev–Trinajstić information content (AvgIpc) is 3.34. The fraction of sp³-hybridized carbons (Fsp3) is 0.679. The molecule has 1 aliphatic carbocycles. The van der Waals surface area contributed by atoms with Crippen molar-refractivity contribution in [1.82, 2.24) is 20.0 Å². The molecule has 2 amide bonds. The van der Waals surface area contributed by atoms with E-state index in [9.17, 15) is 14.4 Å². The molecule has 0 radical (unpaired) electrons. The number of likely N-dealkylation sites (N-methyl/N-ethyl adjacent to an activating group) is 1. The highest BCUT2D eigenvalue weighted by Crippen LogP contribution is 2.31. The minimum atomic E-state index is -1.06. The van der Waals surface area contributed by atoms with Gasteiger partial charge in [0.2, 0.25) is 11.8 Å². The van der Waals surface area contributed by atoms with Crippen LogP contribution in [0.4, 0.5) is 0 Å². The molecule has 1 heterocycles. The fourth-order valence-corrected chi connectivity index (χ4v) is 5.45. The van der Waals surface area contributed by atoms with Crippen LogP contribution >= 0.6 is 36.4 Å². The lowest BCUT2D eigenvalue weighted by Gasteiger charge is -2.41. The van der Waals surface area contributed by atoms with Gasteiger partial charge >= 0.3 is 0 Å². The predicted octanol–water partition coefficient (Wildman–Crippen LogP) is 4.23. The zero-order valence-electron chi connectivity index (χ0n) is 23.2. The molecule has 2 fully saturated rings. The lowest BCUT2D eigenvalue weighted by molar-refractivity contribution is -0.149. The summed E-state index contributed by atoms with van der Waals surface area (Å²) in [6.45, 7) is 6.07. The van der Waals surface area contributed by atoms with Crippen molar-refractivity contribution in [1.29, 1.82) is 0 Å². The van der Waals surface area contributed by atoms with Gasteiger partial charge in [0.15, 0.2) is 0 Å². The van der Waals surface area contributed by atoms with E-state index in [2.05, 4.69) is 10.2 Å². The maximum atomic E-state index is 13.7. The Labute approximate surface area is 245 Å². The molecule has 2 aliphatic rings. The van der Waals surface area contributed by atoms with Crippen LogP contribution in [0.1, 0.15) is 57.9 Å². The summed E-state index contributed by atoms with van der Waals surface area (Å²) in [6, 6.07) is 7.38. The number of nitrogens with one attached hydrogen (secondary N) is 1. The molecule has 1 aromatic carbocycles. The fourth-order valence-electron chi connectivity index (χ4n) is 5.33. The number of aldehydes is 1. The van der Waals surface area contributed by atoms with Crippen LogP contribution in [0, 0.1) is 5.41 Å². The Hall–Kier alpha value is -1.38. The smallest absolute Gasteiger partial charge is 0.240 e. The number of nitrogens with zero attached hydrogens (tertiary/aromatic N) is 3. The molecular formula is C28H45Cl3N4O3. The Morgan fingerprint density at radius 3 is 2.29 bits per heavy atom. The SMILES string of the molecule is CN(C)CCN[C@H](Cc1ccc(Cl)cc1)C(=O)N1CC[C@H](N(C(=O)C(C)(C)C=O)C2CCCCC2)C1.Cl.Cl. The number of hydrogen-bond acceptors (Lipinski definition) is 5. The van der Waals surface area contributed by atoms with Gasteiger partial charge in [-0.1, -0.05) is 43.0 Å². The Morgan fingerprint density at radius 2 is 1.71 bits per heavy atom. The lowest BCUT2D eigenvalue weighted by atomic mass is 9.88. The van der Waals surface area contributed by atoms with Crippen LogP contribution < -0.4 is 5.32 Å². The number of hydrogen-bond donors (Lipinski definition) is 1. The van der Waals surface area contributed by atoms with Crippen LogP contribution in [0.2, 0.25) is 5.02 Å². The average molecular weight is 592 g/mol. The summed E-state index contributed by atoms with van der Waals surface area (Å²) >= 11 is 6.06. The third-order valence-electron chi connectivity index (χ3n) is 7.52. The predicted molar refractivity (Wildman–Crippen MR) is 159 cm³/mol. The van der Waals surface area contributed by atoms with Crippen molar-refractivity contribution in [3.05, 3.63) is 34.9 Å². The Morgan fingerprint density at radius 1 is 1.08 bits per heavy atom. The molecule has 1 saturated carbocycles. The number of benzene rings is 1. The van der Waals surface area contributed by atoms with Crippen molar-refractivity contribution in [2.45, 2.75) is 76.9 Å². The molecular weight excluding hydrogens is 547 g/mol. The van der Waals surface area contributed by atoms with Gasteiger partial charge in [-0.3, -0.25) is 9.59 Å². The van der Waals surface area contributed by atoms with Gasteiger partial charge in [0.05, 0.1) is 17.5 Å². The van der Waals surface area contributed by atoms with E-state index in [0.717, 1.165) is 50.5 Å². The van der Waals surface area contributed by atoms with E-state index in [1.165, 1.54) is 6.42 Å². The first-order chi connectivity index (χ1) is 17.1. The maximum absolute atomic E-state index is 13.7. The van der Waals surface area contributed by atoms with Gasteiger partial charge in [-0.2, -0.15) is 0 Å². The van der Waals surface area contributed by atoms with Crippen LogP contribution in [0.25, 0.3) is 0 Å². The minimum Gasteiger partial charge on any atom is -0.339 e. The van der Waals surface area contributed by atoms with E-state index in [1.54, 1.807) is 13.8 Å². The Balaban J connectivity index is 0.00000361. The van der Waals surface area contributed by atoms with Gasteiger partial charge < -0.3 is 24.8 Å². The quantitative estimate of drug-likeness (QED) is 0.308. The van der Waals surface area contributed by atoms with E-state index in [0.29, 0.717) is 31.1 Å². The molecule has 0 bridgehead atoms. The summed E-state index contributed by atoms with van der Waals surface area (Å²) in [5, 5.41) is 4.14. The van der Waals surface area contributed by atoms with Gasteiger partial charge in [0, 0.05) is 37.2 Å². The van der Waals surface area contributed by atoms with Gasteiger partial charge in [0.1, 0.15) is 6.29 Å². The Bertz CT molecular complexity index is 892. The molecule has 1 N–H and O–H groups in total. The van der Waals surface area contributed by atoms with Crippen molar-refractivity contribution >= 4 is 54.5 Å². The summed E-state index contributed by atoms with van der Waals surface area (Å²) < 4.78 is 0. The monoisotopic (exact) mass is 590 g/mol. The number of carbonyl (C=O) groups excluding carboxylic acids is 3. The van der Waals surface area contributed by atoms with Crippen molar-refractivity contribution in [2.75, 3.05) is 40.3 Å². The molecule has 0 unspecified atom stereocenters. The number of likely N-dealkylation sites (tertiary alicyclic amines) is 1. The van der Waals surface area contributed by atoms with Crippen molar-refractivity contribution in [3.8, 4) is 0 Å².